The lowest BCUT2D eigenvalue weighted by atomic mass is 9.69. The first-order chi connectivity index (χ1) is 6.72. The molecule has 0 saturated heterocycles. The van der Waals surface area contributed by atoms with Gasteiger partial charge in [0.2, 0.25) is 0 Å². The van der Waals surface area contributed by atoms with Crippen molar-refractivity contribution in [1.82, 2.24) is 0 Å². The molecule has 0 aromatic rings. The molecule has 0 bridgehead atoms. The van der Waals surface area contributed by atoms with E-state index in [4.69, 9.17) is 5.11 Å². The maximum atomic E-state index is 11.3. The zero-order chi connectivity index (χ0) is 12.2. The van der Waals surface area contributed by atoms with E-state index in [1.807, 2.05) is 13.8 Å². The van der Waals surface area contributed by atoms with Gasteiger partial charge < -0.3 is 10.2 Å². The molecule has 0 rings (SSSR count). The third-order valence-corrected chi connectivity index (χ3v) is 2.77. The second kappa shape index (κ2) is 5.14. The predicted octanol–water partition coefficient (Wildman–Crippen LogP) is 2.23. The van der Waals surface area contributed by atoms with Gasteiger partial charge in [-0.2, -0.15) is 0 Å². The Bertz CT molecular complexity index is 245. The molecule has 2 N–H and O–H groups in total. The van der Waals surface area contributed by atoms with Gasteiger partial charge in [-0.05, 0) is 18.3 Å². The molecule has 0 amide bonds. The molecule has 0 aliphatic carbocycles. The quantitative estimate of drug-likeness (QED) is 0.714. The summed E-state index contributed by atoms with van der Waals surface area (Å²) in [4.78, 5) is 22.0. The number of carbonyl (C=O) groups is 2. The Kier molecular flexibility index (Phi) is 4.78. The van der Waals surface area contributed by atoms with Crippen molar-refractivity contribution in [2.24, 2.45) is 17.3 Å². The Morgan fingerprint density at radius 1 is 1.13 bits per heavy atom. The van der Waals surface area contributed by atoms with Crippen LogP contribution in [0.1, 0.15) is 40.5 Å². The minimum absolute atomic E-state index is 0.169. The molecule has 1 atom stereocenters. The van der Waals surface area contributed by atoms with Crippen molar-refractivity contribution in [1.29, 1.82) is 0 Å². The maximum absolute atomic E-state index is 11.3. The number of hydrogen-bond acceptors (Lipinski definition) is 2. The monoisotopic (exact) mass is 216 g/mol. The van der Waals surface area contributed by atoms with Gasteiger partial charge in [0, 0.05) is 0 Å². The molecule has 0 aromatic carbocycles. The van der Waals surface area contributed by atoms with E-state index in [1.54, 1.807) is 13.8 Å². The van der Waals surface area contributed by atoms with E-state index in [0.717, 1.165) is 0 Å². The molecule has 4 nitrogen and oxygen atoms in total. The smallest absolute Gasteiger partial charge is 0.310 e. The summed E-state index contributed by atoms with van der Waals surface area (Å²) in [6, 6.07) is 0. The van der Waals surface area contributed by atoms with E-state index >= 15 is 0 Å². The van der Waals surface area contributed by atoms with Crippen molar-refractivity contribution in [2.75, 3.05) is 0 Å². The summed E-state index contributed by atoms with van der Waals surface area (Å²) >= 11 is 0. The highest BCUT2D eigenvalue weighted by Gasteiger charge is 2.43. The van der Waals surface area contributed by atoms with Crippen LogP contribution in [0.2, 0.25) is 0 Å². The SMILES string of the molecule is CC(C)CC(CC(=O)O)(C(=O)O)C(C)C. The maximum Gasteiger partial charge on any atom is 0.310 e. The standard InChI is InChI=1S/C11H20O4/c1-7(2)5-11(8(3)4,10(14)15)6-9(12)13/h7-8H,5-6H2,1-4H3,(H,12,13)(H,14,15). The van der Waals surface area contributed by atoms with Crippen molar-refractivity contribution in [3.8, 4) is 0 Å². The molecular formula is C11H20O4. The summed E-state index contributed by atoms with van der Waals surface area (Å²) in [5.41, 5.74) is -1.14. The number of hydrogen-bond donors (Lipinski definition) is 2. The lowest BCUT2D eigenvalue weighted by molar-refractivity contribution is -0.160. The molecule has 1 unspecified atom stereocenters. The predicted molar refractivity (Wildman–Crippen MR) is 56.6 cm³/mol. The summed E-state index contributed by atoms with van der Waals surface area (Å²) < 4.78 is 0. The van der Waals surface area contributed by atoms with Gasteiger partial charge in [0.15, 0.2) is 0 Å². The number of rotatable bonds is 6. The average Bonchev–Trinajstić information content (AvgIpc) is 1.99. The van der Waals surface area contributed by atoms with Gasteiger partial charge in [-0.15, -0.1) is 0 Å². The van der Waals surface area contributed by atoms with Crippen LogP contribution >= 0.6 is 0 Å². The number of aliphatic carboxylic acids is 2. The lowest BCUT2D eigenvalue weighted by Gasteiger charge is -2.33. The van der Waals surface area contributed by atoms with Crippen LogP contribution in [0.3, 0.4) is 0 Å². The van der Waals surface area contributed by atoms with Crippen molar-refractivity contribution < 1.29 is 19.8 Å². The zero-order valence-corrected chi connectivity index (χ0v) is 9.78. The molecule has 0 saturated carbocycles. The Balaban J connectivity index is 5.07. The molecule has 88 valence electrons. The highest BCUT2D eigenvalue weighted by molar-refractivity contribution is 5.81. The van der Waals surface area contributed by atoms with Gasteiger partial charge in [0.25, 0.3) is 0 Å². The molecule has 0 radical (unpaired) electrons. The normalized spacial score (nSPS) is 15.3. The first kappa shape index (κ1) is 13.9. The van der Waals surface area contributed by atoms with Crippen LogP contribution in [0.5, 0.6) is 0 Å². The van der Waals surface area contributed by atoms with E-state index in [1.165, 1.54) is 0 Å². The zero-order valence-electron chi connectivity index (χ0n) is 9.78. The summed E-state index contributed by atoms with van der Waals surface area (Å²) in [5, 5.41) is 18.0. The summed E-state index contributed by atoms with van der Waals surface area (Å²) in [6.45, 7) is 7.34. The van der Waals surface area contributed by atoms with Crippen molar-refractivity contribution in [3.63, 3.8) is 0 Å². The Morgan fingerprint density at radius 2 is 1.60 bits per heavy atom. The summed E-state index contributed by atoms with van der Waals surface area (Å²) in [6.07, 6.45) is 0.0878. The first-order valence-electron chi connectivity index (χ1n) is 5.17. The number of carboxylic acids is 2. The fraction of sp³-hybridized carbons (Fsp3) is 0.818. The number of carboxylic acid groups (broad SMARTS) is 2. The Hall–Kier alpha value is -1.06. The molecule has 0 fully saturated rings. The topological polar surface area (TPSA) is 74.6 Å². The van der Waals surface area contributed by atoms with Crippen LogP contribution in [-0.2, 0) is 9.59 Å². The fourth-order valence-electron chi connectivity index (χ4n) is 1.92. The molecule has 4 heteroatoms. The van der Waals surface area contributed by atoms with E-state index < -0.39 is 17.4 Å². The van der Waals surface area contributed by atoms with Gasteiger partial charge in [0.05, 0.1) is 11.8 Å². The van der Waals surface area contributed by atoms with E-state index in [2.05, 4.69) is 0 Å². The van der Waals surface area contributed by atoms with Crippen LogP contribution in [0, 0.1) is 17.3 Å². The fourth-order valence-corrected chi connectivity index (χ4v) is 1.92. The molecule has 0 aliphatic rings. The molecule has 0 spiro atoms. The minimum atomic E-state index is -1.14. The van der Waals surface area contributed by atoms with E-state index in [9.17, 15) is 14.7 Å². The van der Waals surface area contributed by atoms with Gasteiger partial charge in [0.1, 0.15) is 0 Å². The second-order valence-electron chi connectivity index (χ2n) is 4.78. The van der Waals surface area contributed by atoms with Gasteiger partial charge in [-0.3, -0.25) is 9.59 Å². The van der Waals surface area contributed by atoms with Crippen LogP contribution < -0.4 is 0 Å². The van der Waals surface area contributed by atoms with Crippen LogP contribution in [0.15, 0.2) is 0 Å². The highest BCUT2D eigenvalue weighted by Crippen LogP contribution is 2.38. The molecule has 0 aromatic heterocycles. The largest absolute Gasteiger partial charge is 0.481 e. The van der Waals surface area contributed by atoms with Crippen LogP contribution in [0.25, 0.3) is 0 Å². The minimum Gasteiger partial charge on any atom is -0.481 e. The molecule has 15 heavy (non-hydrogen) atoms. The molecule has 0 heterocycles. The van der Waals surface area contributed by atoms with Gasteiger partial charge >= 0.3 is 11.9 Å². The summed E-state index contributed by atoms with van der Waals surface area (Å²) in [5.74, 6) is -2.07. The van der Waals surface area contributed by atoms with Crippen molar-refractivity contribution in [2.45, 2.75) is 40.5 Å². The van der Waals surface area contributed by atoms with Crippen molar-refractivity contribution >= 4 is 11.9 Å². The lowest BCUT2D eigenvalue weighted by Crippen LogP contribution is -2.39. The van der Waals surface area contributed by atoms with E-state index in [0.29, 0.717) is 6.42 Å². The van der Waals surface area contributed by atoms with Gasteiger partial charge in [-0.1, -0.05) is 27.7 Å². The van der Waals surface area contributed by atoms with Gasteiger partial charge in [-0.25, -0.2) is 0 Å². The average molecular weight is 216 g/mol. The first-order valence-corrected chi connectivity index (χ1v) is 5.17. The highest BCUT2D eigenvalue weighted by atomic mass is 16.4. The Labute approximate surface area is 90.3 Å². The molecular weight excluding hydrogens is 196 g/mol. The van der Waals surface area contributed by atoms with Crippen LogP contribution in [-0.4, -0.2) is 22.2 Å². The third kappa shape index (κ3) is 3.53. The van der Waals surface area contributed by atoms with E-state index in [-0.39, 0.29) is 18.3 Å². The Morgan fingerprint density at radius 3 is 1.80 bits per heavy atom. The van der Waals surface area contributed by atoms with Crippen LogP contribution in [0.4, 0.5) is 0 Å². The summed E-state index contributed by atoms with van der Waals surface area (Å²) in [7, 11) is 0. The van der Waals surface area contributed by atoms with Crippen molar-refractivity contribution in [3.05, 3.63) is 0 Å². The second-order valence-corrected chi connectivity index (χ2v) is 4.78. The third-order valence-electron chi connectivity index (χ3n) is 2.77. The molecule has 0 aliphatic heterocycles.